The highest BCUT2D eigenvalue weighted by atomic mass is 16.2. The number of aryl methyl sites for hydroxylation is 4. The van der Waals surface area contributed by atoms with Crippen LogP contribution in [0.5, 0.6) is 0 Å². The Hall–Kier alpha value is -3.29. The molecule has 2 aliphatic heterocycles. The SMILES string of the molecule is CCN1C(=O)C2C(=NC(n3nc(C)cc3C)=[N+]2Cc2cc(C)ccc2C)N(C)C1=O. The molecule has 8 nitrogen and oxygen atoms in total. The highest BCUT2D eigenvalue weighted by molar-refractivity contribution is 6.22. The summed E-state index contributed by atoms with van der Waals surface area (Å²) >= 11 is 0. The van der Waals surface area contributed by atoms with Crippen LogP contribution in [0, 0.1) is 27.7 Å². The van der Waals surface area contributed by atoms with Crippen LogP contribution in [-0.2, 0) is 11.3 Å². The molecule has 4 rings (SSSR count). The van der Waals surface area contributed by atoms with E-state index in [1.807, 2.05) is 24.5 Å². The van der Waals surface area contributed by atoms with E-state index in [9.17, 15) is 9.59 Å². The Morgan fingerprint density at radius 3 is 2.47 bits per heavy atom. The van der Waals surface area contributed by atoms with Crippen LogP contribution in [-0.4, -0.2) is 67.5 Å². The minimum absolute atomic E-state index is 0.249. The molecule has 1 aromatic carbocycles. The smallest absolute Gasteiger partial charge is 0.270 e. The van der Waals surface area contributed by atoms with E-state index < -0.39 is 6.04 Å². The van der Waals surface area contributed by atoms with Gasteiger partial charge in [0.05, 0.1) is 12.2 Å². The number of likely N-dealkylation sites (N-methyl/N-ethyl adjacent to an activating group) is 2. The number of fused-ring (bicyclic) bond motifs is 1. The molecule has 3 heterocycles. The average molecular weight is 407 g/mol. The third kappa shape index (κ3) is 3.03. The topological polar surface area (TPSA) is 73.8 Å². The van der Waals surface area contributed by atoms with Gasteiger partial charge in [0, 0.05) is 13.6 Å². The first-order chi connectivity index (χ1) is 14.2. The van der Waals surface area contributed by atoms with Crippen molar-refractivity contribution in [2.75, 3.05) is 13.6 Å². The van der Waals surface area contributed by atoms with Crippen molar-refractivity contribution in [3.05, 3.63) is 52.3 Å². The Bertz CT molecular complexity index is 1130. The van der Waals surface area contributed by atoms with Gasteiger partial charge in [-0.15, -0.1) is 9.78 Å². The minimum atomic E-state index is -0.661. The number of aliphatic imine (C=N–C) groups is 1. The lowest BCUT2D eigenvalue weighted by Crippen LogP contribution is -2.62. The van der Waals surface area contributed by atoms with Crippen molar-refractivity contribution in [1.29, 1.82) is 0 Å². The van der Waals surface area contributed by atoms with E-state index in [4.69, 9.17) is 4.99 Å². The second-order valence-corrected chi connectivity index (χ2v) is 7.99. The number of carbonyl (C=O) groups excluding carboxylic acids is 2. The molecule has 1 unspecified atom stereocenters. The third-order valence-electron chi connectivity index (χ3n) is 5.75. The monoisotopic (exact) mass is 407 g/mol. The fourth-order valence-corrected chi connectivity index (χ4v) is 4.11. The van der Waals surface area contributed by atoms with Crippen molar-refractivity contribution in [3.63, 3.8) is 0 Å². The summed E-state index contributed by atoms with van der Waals surface area (Å²) in [7, 11) is 1.67. The summed E-state index contributed by atoms with van der Waals surface area (Å²) in [5.41, 5.74) is 5.20. The summed E-state index contributed by atoms with van der Waals surface area (Å²) in [6, 6.07) is 7.26. The molecule has 0 N–H and O–H groups in total. The lowest BCUT2D eigenvalue weighted by atomic mass is 10.0. The molecule has 0 bridgehead atoms. The van der Waals surface area contributed by atoms with Gasteiger partial charge in [0.15, 0.2) is 0 Å². The Labute approximate surface area is 176 Å². The van der Waals surface area contributed by atoms with E-state index >= 15 is 0 Å². The van der Waals surface area contributed by atoms with Crippen LogP contribution in [0.2, 0.25) is 0 Å². The number of hydrogen-bond acceptors (Lipinski definition) is 4. The molecule has 2 aliphatic rings. The summed E-state index contributed by atoms with van der Waals surface area (Å²) in [4.78, 5) is 33.5. The van der Waals surface area contributed by atoms with E-state index in [1.54, 1.807) is 18.7 Å². The number of carbonyl (C=O) groups is 2. The average Bonchev–Trinajstić information content (AvgIpc) is 3.23. The summed E-state index contributed by atoms with van der Waals surface area (Å²) in [6.45, 7) is 10.6. The number of nitrogens with zero attached hydrogens (tertiary/aromatic N) is 6. The number of amidine groups is 1. The molecule has 3 amide bonds. The zero-order chi connectivity index (χ0) is 21.7. The number of benzene rings is 1. The fourth-order valence-electron chi connectivity index (χ4n) is 4.11. The van der Waals surface area contributed by atoms with E-state index in [0.29, 0.717) is 24.9 Å². The molecule has 1 fully saturated rings. The molecule has 2 aromatic rings. The van der Waals surface area contributed by atoms with Gasteiger partial charge in [-0.2, -0.15) is 0 Å². The lowest BCUT2D eigenvalue weighted by molar-refractivity contribution is -0.553. The van der Waals surface area contributed by atoms with E-state index in [2.05, 4.69) is 37.1 Å². The molecule has 8 heteroatoms. The van der Waals surface area contributed by atoms with Crippen LogP contribution < -0.4 is 0 Å². The first kappa shape index (κ1) is 20.0. The molecular formula is C22H27N6O2+. The normalized spacial score (nSPS) is 19.0. The zero-order valence-electron chi connectivity index (χ0n) is 18.3. The van der Waals surface area contributed by atoms with E-state index in [0.717, 1.165) is 28.1 Å². The van der Waals surface area contributed by atoms with Gasteiger partial charge in [-0.1, -0.05) is 28.8 Å². The van der Waals surface area contributed by atoms with Gasteiger partial charge in [-0.25, -0.2) is 9.37 Å². The maximum absolute atomic E-state index is 13.3. The lowest BCUT2D eigenvalue weighted by Gasteiger charge is -2.33. The van der Waals surface area contributed by atoms with Crippen LogP contribution in [0.25, 0.3) is 0 Å². The number of aromatic nitrogens is 2. The summed E-state index contributed by atoms with van der Waals surface area (Å²) in [5, 5.41) is 4.59. The molecule has 1 atom stereocenters. The van der Waals surface area contributed by atoms with Gasteiger partial charge in [0.1, 0.15) is 5.69 Å². The number of rotatable bonds is 3. The Balaban J connectivity index is 1.90. The van der Waals surface area contributed by atoms with Crippen molar-refractivity contribution in [2.45, 2.75) is 47.2 Å². The summed E-state index contributed by atoms with van der Waals surface area (Å²) in [5.74, 6) is 0.760. The Morgan fingerprint density at radius 1 is 1.10 bits per heavy atom. The second kappa shape index (κ2) is 7.19. The number of urea groups is 1. The minimum Gasteiger partial charge on any atom is -0.270 e. The molecule has 30 heavy (non-hydrogen) atoms. The summed E-state index contributed by atoms with van der Waals surface area (Å²) < 4.78 is 3.72. The van der Waals surface area contributed by atoms with Crippen molar-refractivity contribution < 1.29 is 14.2 Å². The van der Waals surface area contributed by atoms with Crippen molar-refractivity contribution in [1.82, 2.24) is 19.6 Å². The fraction of sp³-hybridized carbons (Fsp3) is 0.409. The highest BCUT2D eigenvalue weighted by Crippen LogP contribution is 2.23. The molecule has 156 valence electrons. The van der Waals surface area contributed by atoms with Crippen LogP contribution >= 0.6 is 0 Å². The van der Waals surface area contributed by atoms with Gasteiger partial charge in [0.25, 0.3) is 5.91 Å². The van der Waals surface area contributed by atoms with E-state index in [-0.39, 0.29) is 11.9 Å². The predicted octanol–water partition coefficient (Wildman–Crippen LogP) is 2.23. The first-order valence-corrected chi connectivity index (χ1v) is 10.1. The summed E-state index contributed by atoms with van der Waals surface area (Å²) in [6.07, 6.45) is 0. The van der Waals surface area contributed by atoms with Gasteiger partial charge in [0.2, 0.25) is 11.9 Å². The van der Waals surface area contributed by atoms with Gasteiger partial charge in [-0.05, 0) is 51.8 Å². The van der Waals surface area contributed by atoms with Crippen LogP contribution in [0.15, 0.2) is 29.3 Å². The van der Waals surface area contributed by atoms with Crippen molar-refractivity contribution in [2.24, 2.45) is 4.99 Å². The standard InChI is InChI=1S/C22H27N6O2/c1-7-26-20(29)18-19(25(6)22(26)30)23-21(28-16(5)11-15(4)24-28)27(18)12-17-10-13(2)8-9-14(17)3/h8-11,18H,7,12H2,1-6H3/q+1. The highest BCUT2D eigenvalue weighted by Gasteiger charge is 2.52. The van der Waals surface area contributed by atoms with Crippen LogP contribution in [0.4, 0.5) is 4.79 Å². The molecule has 0 spiro atoms. The maximum atomic E-state index is 13.3. The number of imide groups is 1. The van der Waals surface area contributed by atoms with Crippen molar-refractivity contribution >= 4 is 23.7 Å². The first-order valence-electron chi connectivity index (χ1n) is 10.1. The quantitative estimate of drug-likeness (QED) is 0.733. The zero-order valence-corrected chi connectivity index (χ0v) is 18.3. The van der Waals surface area contributed by atoms with E-state index in [1.165, 1.54) is 9.80 Å². The molecule has 0 radical (unpaired) electrons. The predicted molar refractivity (Wildman–Crippen MR) is 114 cm³/mol. The molecule has 1 saturated heterocycles. The van der Waals surface area contributed by atoms with Crippen molar-refractivity contribution in [3.8, 4) is 0 Å². The molecular weight excluding hydrogens is 380 g/mol. The van der Waals surface area contributed by atoms with Crippen LogP contribution in [0.3, 0.4) is 0 Å². The van der Waals surface area contributed by atoms with Gasteiger partial charge < -0.3 is 0 Å². The van der Waals surface area contributed by atoms with Gasteiger partial charge >= 0.3 is 12.0 Å². The largest absolute Gasteiger partial charge is 0.421 e. The molecule has 0 saturated carbocycles. The molecule has 0 aliphatic carbocycles. The Morgan fingerprint density at radius 2 is 1.83 bits per heavy atom. The van der Waals surface area contributed by atoms with Crippen LogP contribution in [0.1, 0.15) is 35.0 Å². The Kier molecular flexibility index (Phi) is 4.80. The maximum Gasteiger partial charge on any atom is 0.421 e. The van der Waals surface area contributed by atoms with Gasteiger partial charge in [-0.3, -0.25) is 14.6 Å². The molecule has 1 aromatic heterocycles. The number of amides is 3. The second-order valence-electron chi connectivity index (χ2n) is 7.99. The number of hydrogen-bond donors (Lipinski definition) is 0. The third-order valence-corrected chi connectivity index (χ3v) is 5.75.